The summed E-state index contributed by atoms with van der Waals surface area (Å²) in [5.74, 6) is 0.714. The Morgan fingerprint density at radius 1 is 0.652 bits per heavy atom. The highest BCUT2D eigenvalue weighted by Crippen LogP contribution is 2.58. The molecule has 0 saturated heterocycles. The van der Waals surface area contributed by atoms with E-state index in [1.807, 2.05) is 0 Å². The molecule has 0 heterocycles. The van der Waals surface area contributed by atoms with E-state index in [9.17, 15) is 5.21 Å². The normalized spacial score (nSPS) is 29.9. The van der Waals surface area contributed by atoms with Crippen LogP contribution >= 0.6 is 0 Å². The van der Waals surface area contributed by atoms with Gasteiger partial charge in [-0.2, -0.15) is 0 Å². The Labute approximate surface area is 144 Å². The van der Waals surface area contributed by atoms with Crippen molar-refractivity contribution in [1.82, 2.24) is 0 Å². The molecule has 0 bridgehead atoms. The van der Waals surface area contributed by atoms with Gasteiger partial charge in [-0.3, -0.25) is 0 Å². The van der Waals surface area contributed by atoms with Gasteiger partial charge in [0.1, 0.15) is 0 Å². The smallest absolute Gasteiger partial charge is 0.0653 e. The second-order valence-electron chi connectivity index (χ2n) is 11.1. The van der Waals surface area contributed by atoms with Crippen molar-refractivity contribution in [3.63, 3.8) is 0 Å². The summed E-state index contributed by atoms with van der Waals surface area (Å²) in [7, 11) is 0. The Hall–Kier alpha value is -0.530. The van der Waals surface area contributed by atoms with E-state index in [0.717, 1.165) is 5.71 Å². The van der Waals surface area contributed by atoms with E-state index in [-0.39, 0.29) is 21.7 Å². The predicted octanol–water partition coefficient (Wildman–Crippen LogP) is 6.52. The molecule has 23 heavy (non-hydrogen) atoms. The van der Waals surface area contributed by atoms with Gasteiger partial charge in [0, 0.05) is 11.8 Å². The average molecular weight is 322 g/mol. The van der Waals surface area contributed by atoms with Crippen LogP contribution in [0.25, 0.3) is 0 Å². The lowest BCUT2D eigenvalue weighted by atomic mass is 9.48. The zero-order chi connectivity index (χ0) is 17.7. The Morgan fingerprint density at radius 3 is 1.13 bits per heavy atom. The number of nitrogens with zero attached hydrogens (tertiary/aromatic N) is 1. The van der Waals surface area contributed by atoms with Crippen molar-refractivity contribution in [1.29, 1.82) is 0 Å². The maximum atomic E-state index is 10.1. The Kier molecular flexibility index (Phi) is 4.72. The molecular formula is C21H39NO. The van der Waals surface area contributed by atoms with Crippen LogP contribution in [0.2, 0.25) is 0 Å². The van der Waals surface area contributed by atoms with Crippen LogP contribution in [0.3, 0.4) is 0 Å². The molecule has 0 atom stereocenters. The van der Waals surface area contributed by atoms with E-state index in [1.54, 1.807) is 0 Å². The summed E-state index contributed by atoms with van der Waals surface area (Å²) in [4.78, 5) is 0. The zero-order valence-electron chi connectivity index (χ0n) is 16.8. The number of hydrogen-bond donors (Lipinski definition) is 1. The van der Waals surface area contributed by atoms with Gasteiger partial charge in [0.25, 0.3) is 0 Å². The molecule has 0 radical (unpaired) electrons. The lowest BCUT2D eigenvalue weighted by Crippen LogP contribution is -2.54. The van der Waals surface area contributed by atoms with E-state index < -0.39 is 0 Å². The van der Waals surface area contributed by atoms with E-state index in [0.29, 0.717) is 11.8 Å². The van der Waals surface area contributed by atoms with E-state index in [2.05, 4.69) is 60.5 Å². The molecule has 0 aliphatic heterocycles. The Balaban J connectivity index is 2.53. The fourth-order valence-electron chi connectivity index (χ4n) is 6.58. The van der Waals surface area contributed by atoms with Gasteiger partial charge in [-0.25, -0.2) is 0 Å². The van der Waals surface area contributed by atoms with Gasteiger partial charge in [-0.05, 0) is 47.3 Å². The summed E-state index contributed by atoms with van der Waals surface area (Å²) in [5, 5.41) is 14.2. The minimum absolute atomic E-state index is 0.201. The van der Waals surface area contributed by atoms with Gasteiger partial charge in [-0.15, -0.1) is 0 Å². The van der Waals surface area contributed by atoms with Crippen LogP contribution in [0, 0.1) is 33.5 Å². The summed E-state index contributed by atoms with van der Waals surface area (Å²) >= 11 is 0. The average Bonchev–Trinajstić information content (AvgIpc) is 2.32. The van der Waals surface area contributed by atoms with Gasteiger partial charge in [0.05, 0.1) is 5.71 Å². The summed E-state index contributed by atoms with van der Waals surface area (Å²) in [5.41, 5.74) is 1.90. The first-order valence-corrected chi connectivity index (χ1v) is 9.57. The molecule has 0 unspecified atom stereocenters. The maximum absolute atomic E-state index is 10.1. The topological polar surface area (TPSA) is 32.6 Å². The molecule has 0 spiro atoms. The minimum Gasteiger partial charge on any atom is -0.411 e. The molecule has 0 amide bonds. The monoisotopic (exact) mass is 321 g/mol. The Morgan fingerprint density at radius 2 is 0.913 bits per heavy atom. The number of rotatable bonds is 2. The molecule has 134 valence electrons. The summed E-state index contributed by atoms with van der Waals surface area (Å²) in [6.45, 7) is 19.1. The highest BCUT2D eigenvalue weighted by Gasteiger charge is 2.54. The van der Waals surface area contributed by atoms with Crippen molar-refractivity contribution < 1.29 is 5.21 Å². The van der Waals surface area contributed by atoms with E-state index in [1.165, 1.54) is 38.5 Å². The first-order valence-electron chi connectivity index (χ1n) is 9.57. The van der Waals surface area contributed by atoms with Crippen molar-refractivity contribution >= 4 is 5.71 Å². The largest absolute Gasteiger partial charge is 0.411 e. The number of hydrogen-bond acceptors (Lipinski definition) is 2. The molecule has 2 aliphatic rings. The fraction of sp³-hybridized carbons (Fsp3) is 0.952. The second kappa shape index (κ2) is 5.77. The van der Waals surface area contributed by atoms with Gasteiger partial charge < -0.3 is 5.21 Å². The van der Waals surface area contributed by atoms with Crippen LogP contribution in [-0.4, -0.2) is 10.9 Å². The summed E-state index contributed by atoms with van der Waals surface area (Å²) in [6, 6.07) is 0. The zero-order valence-corrected chi connectivity index (χ0v) is 16.8. The predicted molar refractivity (Wildman–Crippen MR) is 99.0 cm³/mol. The minimum atomic E-state index is 0.201. The van der Waals surface area contributed by atoms with Gasteiger partial charge in [0.2, 0.25) is 0 Å². The van der Waals surface area contributed by atoms with Gasteiger partial charge in [0.15, 0.2) is 0 Å². The highest BCUT2D eigenvalue weighted by molar-refractivity contribution is 5.91. The van der Waals surface area contributed by atoms with Gasteiger partial charge >= 0.3 is 0 Å². The molecule has 1 N–H and O–H groups in total. The standard InChI is InChI=1S/C21H39NO/c1-18(2)11-9-12-19(3,4)16(18)15(22-23)17-20(5,6)13-10-14-21(17,7)8/h16-17,23H,9-14H2,1-8H3. The summed E-state index contributed by atoms with van der Waals surface area (Å²) < 4.78 is 0. The van der Waals surface area contributed by atoms with Crippen molar-refractivity contribution in [3.8, 4) is 0 Å². The van der Waals surface area contributed by atoms with Crippen LogP contribution in [0.5, 0.6) is 0 Å². The lowest BCUT2D eigenvalue weighted by Gasteiger charge is -2.56. The molecule has 2 rings (SSSR count). The first-order chi connectivity index (χ1) is 10.4. The molecule has 2 fully saturated rings. The quantitative estimate of drug-likeness (QED) is 0.350. The van der Waals surface area contributed by atoms with Crippen molar-refractivity contribution in [2.45, 2.75) is 93.9 Å². The summed E-state index contributed by atoms with van der Waals surface area (Å²) in [6.07, 6.45) is 7.49. The first kappa shape index (κ1) is 18.8. The van der Waals surface area contributed by atoms with Gasteiger partial charge in [-0.1, -0.05) is 73.4 Å². The maximum Gasteiger partial charge on any atom is 0.0653 e. The lowest BCUT2D eigenvalue weighted by molar-refractivity contribution is 0.0213. The van der Waals surface area contributed by atoms with Crippen LogP contribution in [0.4, 0.5) is 0 Å². The van der Waals surface area contributed by atoms with Crippen LogP contribution in [-0.2, 0) is 0 Å². The molecule has 2 aliphatic carbocycles. The molecule has 2 heteroatoms. The van der Waals surface area contributed by atoms with E-state index >= 15 is 0 Å². The second-order valence-corrected chi connectivity index (χ2v) is 11.1. The van der Waals surface area contributed by atoms with E-state index in [4.69, 9.17) is 0 Å². The highest BCUT2D eigenvalue weighted by atomic mass is 16.4. The Bertz CT molecular complexity index is 398. The third-order valence-electron chi connectivity index (χ3n) is 7.12. The molecule has 0 aromatic heterocycles. The molecule has 2 nitrogen and oxygen atoms in total. The van der Waals surface area contributed by atoms with Crippen molar-refractivity contribution in [3.05, 3.63) is 0 Å². The molecular weight excluding hydrogens is 282 g/mol. The van der Waals surface area contributed by atoms with Crippen LogP contribution in [0.1, 0.15) is 93.9 Å². The number of oxime groups is 1. The SMILES string of the molecule is CC1(C)CCCC(C)(C)C1C(=NO)C1C(C)(C)CCCC1(C)C. The van der Waals surface area contributed by atoms with Crippen LogP contribution in [0.15, 0.2) is 5.16 Å². The van der Waals surface area contributed by atoms with Crippen molar-refractivity contribution in [2.75, 3.05) is 0 Å². The molecule has 2 saturated carbocycles. The molecule has 0 aromatic carbocycles. The van der Waals surface area contributed by atoms with Crippen LogP contribution < -0.4 is 0 Å². The third-order valence-corrected chi connectivity index (χ3v) is 7.12. The third kappa shape index (κ3) is 3.33. The molecule has 0 aromatic rings. The van der Waals surface area contributed by atoms with Crippen molar-refractivity contribution in [2.24, 2.45) is 38.7 Å². The fourth-order valence-corrected chi connectivity index (χ4v) is 6.58.